The number of anilines is 3. The van der Waals surface area contributed by atoms with Gasteiger partial charge in [0.2, 0.25) is 0 Å². The second-order valence-electron chi connectivity index (χ2n) is 17.6. The fraction of sp³-hybridized carbons (Fsp3) is 0.0154. The first kappa shape index (κ1) is 38.7. The maximum Gasteiger partial charge on any atom is 0.0541 e. The van der Waals surface area contributed by atoms with Crippen molar-refractivity contribution in [1.82, 2.24) is 4.57 Å². The highest BCUT2D eigenvalue weighted by atomic mass is 15.1. The molecule has 11 aromatic carbocycles. The number of aromatic nitrogens is 1. The highest BCUT2D eigenvalue weighted by molar-refractivity contribution is 6.09. The van der Waals surface area contributed by atoms with E-state index in [1.807, 2.05) is 0 Å². The Morgan fingerprint density at radius 1 is 0.313 bits per heavy atom. The third kappa shape index (κ3) is 6.57. The number of hydrogen-bond donors (Lipinski definition) is 0. The van der Waals surface area contributed by atoms with E-state index in [0.29, 0.717) is 0 Å². The molecule has 12 aromatic rings. The number of nitrogens with zero attached hydrogens (tertiary/aromatic N) is 2. The van der Waals surface area contributed by atoms with Crippen LogP contribution in [0.25, 0.3) is 82.8 Å². The van der Waals surface area contributed by atoms with Gasteiger partial charge in [0.15, 0.2) is 0 Å². The van der Waals surface area contributed by atoms with Crippen molar-refractivity contribution in [1.29, 1.82) is 0 Å². The van der Waals surface area contributed by atoms with Crippen LogP contribution in [-0.2, 0) is 0 Å². The summed E-state index contributed by atoms with van der Waals surface area (Å²) in [5.74, 6) is 0.122. The van der Waals surface area contributed by atoms with Gasteiger partial charge in [-0.05, 0) is 139 Å². The minimum absolute atomic E-state index is 0.122. The number of fused-ring (bicyclic) bond motifs is 7. The summed E-state index contributed by atoms with van der Waals surface area (Å²) >= 11 is 0. The average Bonchev–Trinajstić information content (AvgIpc) is 3.92. The fourth-order valence-electron chi connectivity index (χ4n) is 10.8. The molecule has 0 N–H and O–H groups in total. The Hall–Kier alpha value is -8.72. The lowest BCUT2D eigenvalue weighted by molar-refractivity contribution is 1.01. The Bertz CT molecular complexity index is 3730. The highest BCUT2D eigenvalue weighted by Gasteiger charge is 2.30. The monoisotopic (exact) mass is 852 g/mol. The quantitative estimate of drug-likeness (QED) is 0.148. The van der Waals surface area contributed by atoms with E-state index in [1.165, 1.54) is 93.8 Å². The van der Waals surface area contributed by atoms with Crippen LogP contribution in [0.5, 0.6) is 0 Å². The van der Waals surface area contributed by atoms with E-state index in [9.17, 15) is 0 Å². The summed E-state index contributed by atoms with van der Waals surface area (Å²) in [6.45, 7) is 0. The Morgan fingerprint density at radius 3 is 1.55 bits per heavy atom. The molecule has 1 atom stereocenters. The number of para-hydroxylation sites is 2. The van der Waals surface area contributed by atoms with Crippen molar-refractivity contribution in [2.75, 3.05) is 4.90 Å². The minimum atomic E-state index is 0.122. The van der Waals surface area contributed by atoms with Crippen molar-refractivity contribution in [2.45, 2.75) is 5.92 Å². The zero-order valence-corrected chi connectivity index (χ0v) is 36.8. The van der Waals surface area contributed by atoms with E-state index >= 15 is 0 Å². The van der Waals surface area contributed by atoms with Gasteiger partial charge >= 0.3 is 0 Å². The smallest absolute Gasteiger partial charge is 0.0541 e. The lowest BCUT2D eigenvalue weighted by Gasteiger charge is -2.27. The summed E-state index contributed by atoms with van der Waals surface area (Å²) in [6.07, 6.45) is 0. The van der Waals surface area contributed by atoms with Crippen LogP contribution >= 0.6 is 0 Å². The Labute approximate surface area is 390 Å². The predicted octanol–water partition coefficient (Wildman–Crippen LogP) is 17.6. The van der Waals surface area contributed by atoms with Crippen LogP contribution in [0.2, 0.25) is 0 Å². The van der Waals surface area contributed by atoms with Gasteiger partial charge in [-0.15, -0.1) is 0 Å². The Morgan fingerprint density at radius 2 is 0.851 bits per heavy atom. The summed E-state index contributed by atoms with van der Waals surface area (Å²) in [7, 11) is 0. The lowest BCUT2D eigenvalue weighted by atomic mass is 9.88. The van der Waals surface area contributed by atoms with Crippen LogP contribution in [-0.4, -0.2) is 4.57 Å². The first-order valence-corrected chi connectivity index (χ1v) is 23.2. The minimum Gasteiger partial charge on any atom is -0.310 e. The van der Waals surface area contributed by atoms with Crippen LogP contribution in [0.15, 0.2) is 261 Å². The largest absolute Gasteiger partial charge is 0.310 e. The first-order chi connectivity index (χ1) is 33.2. The third-order valence-corrected chi connectivity index (χ3v) is 13.9. The van der Waals surface area contributed by atoms with Gasteiger partial charge in [-0.1, -0.05) is 194 Å². The van der Waals surface area contributed by atoms with E-state index < -0.39 is 0 Å². The Kier molecular flexibility index (Phi) is 9.28. The molecule has 1 aliphatic carbocycles. The molecule has 314 valence electrons. The van der Waals surface area contributed by atoms with E-state index in [4.69, 9.17) is 0 Å². The molecule has 0 saturated carbocycles. The molecule has 0 saturated heterocycles. The van der Waals surface area contributed by atoms with Crippen molar-refractivity contribution in [2.24, 2.45) is 0 Å². The maximum atomic E-state index is 2.41. The fourth-order valence-corrected chi connectivity index (χ4v) is 10.8. The topological polar surface area (TPSA) is 8.17 Å². The molecule has 1 heterocycles. The van der Waals surface area contributed by atoms with E-state index in [2.05, 4.69) is 270 Å². The third-order valence-electron chi connectivity index (χ3n) is 13.9. The molecule has 0 fully saturated rings. The van der Waals surface area contributed by atoms with Gasteiger partial charge in [-0.3, -0.25) is 0 Å². The van der Waals surface area contributed by atoms with Gasteiger partial charge in [-0.2, -0.15) is 0 Å². The van der Waals surface area contributed by atoms with Gasteiger partial charge in [0.05, 0.1) is 11.0 Å². The molecule has 2 nitrogen and oxygen atoms in total. The van der Waals surface area contributed by atoms with Gasteiger partial charge in [0.1, 0.15) is 0 Å². The van der Waals surface area contributed by atoms with Gasteiger partial charge in [-0.25, -0.2) is 0 Å². The summed E-state index contributed by atoms with van der Waals surface area (Å²) in [4.78, 5) is 2.41. The van der Waals surface area contributed by atoms with E-state index in [-0.39, 0.29) is 5.92 Å². The van der Waals surface area contributed by atoms with Crippen LogP contribution in [0.3, 0.4) is 0 Å². The molecule has 0 amide bonds. The second-order valence-corrected chi connectivity index (χ2v) is 17.6. The van der Waals surface area contributed by atoms with Crippen LogP contribution < -0.4 is 4.90 Å². The van der Waals surface area contributed by atoms with Crippen molar-refractivity contribution in [3.63, 3.8) is 0 Å². The van der Waals surface area contributed by atoms with Crippen molar-refractivity contribution < 1.29 is 0 Å². The summed E-state index contributed by atoms with van der Waals surface area (Å²) in [6, 6.07) is 95.7. The summed E-state index contributed by atoms with van der Waals surface area (Å²) in [5.41, 5.74) is 20.7. The summed E-state index contributed by atoms with van der Waals surface area (Å²) in [5, 5.41) is 5.00. The van der Waals surface area contributed by atoms with E-state index in [0.717, 1.165) is 22.7 Å². The van der Waals surface area contributed by atoms with Gasteiger partial charge < -0.3 is 9.47 Å². The SMILES string of the molecule is c1ccc(-c2ccc3c(c2)C(c2ccc(N(c4ccc(-n5c6ccccc6c6ccccc65)cc4)c4cccc(-c5cccc6cccc(-c7ccccc7)c56)c4)cc2)c2ccccc2-3)cc1. The lowest BCUT2D eigenvalue weighted by Crippen LogP contribution is -2.11. The summed E-state index contributed by atoms with van der Waals surface area (Å²) < 4.78 is 2.39. The molecule has 0 aliphatic heterocycles. The van der Waals surface area contributed by atoms with E-state index in [1.54, 1.807) is 0 Å². The van der Waals surface area contributed by atoms with Crippen molar-refractivity contribution >= 4 is 49.6 Å². The van der Waals surface area contributed by atoms with Crippen molar-refractivity contribution in [3.05, 3.63) is 278 Å². The number of rotatable bonds is 8. The number of hydrogen-bond acceptors (Lipinski definition) is 1. The molecular formula is C65H44N2. The Balaban J connectivity index is 0.950. The number of benzene rings is 11. The van der Waals surface area contributed by atoms with Crippen LogP contribution in [0.4, 0.5) is 17.1 Å². The maximum absolute atomic E-state index is 2.41. The molecular weight excluding hydrogens is 809 g/mol. The highest BCUT2D eigenvalue weighted by Crippen LogP contribution is 2.50. The molecule has 0 radical (unpaired) electrons. The molecule has 67 heavy (non-hydrogen) atoms. The molecule has 13 rings (SSSR count). The molecule has 1 aromatic heterocycles. The average molecular weight is 853 g/mol. The predicted molar refractivity (Wildman–Crippen MR) is 282 cm³/mol. The van der Waals surface area contributed by atoms with Gasteiger partial charge in [0.25, 0.3) is 0 Å². The van der Waals surface area contributed by atoms with Crippen LogP contribution in [0, 0.1) is 0 Å². The molecule has 1 aliphatic rings. The molecule has 2 heteroatoms. The standard InChI is InChI=1S/C65H44N2/c1-3-16-44(17-4-1)48-34-41-57-56-24-7-8-27-60(56)65(61(57)43-48)47-32-35-50(36-33-47)66(51-37-39-52(40-38-51)67-62-30-11-9-25-58(62)59-26-10-12-31-63(59)67)53-23-13-22-49(42-53)55-29-15-21-46-20-14-28-54(64(46)55)45-18-5-2-6-19-45/h1-43,65H. The first-order valence-electron chi connectivity index (χ1n) is 23.2. The molecule has 1 unspecified atom stereocenters. The zero-order chi connectivity index (χ0) is 44.3. The zero-order valence-electron chi connectivity index (χ0n) is 36.8. The normalized spacial score (nSPS) is 12.9. The van der Waals surface area contributed by atoms with Crippen molar-refractivity contribution in [3.8, 4) is 50.2 Å². The van der Waals surface area contributed by atoms with Crippen LogP contribution in [0.1, 0.15) is 22.6 Å². The molecule has 0 spiro atoms. The molecule has 0 bridgehead atoms. The second kappa shape index (κ2) is 16.1. The van der Waals surface area contributed by atoms with Gasteiger partial charge in [0, 0.05) is 39.4 Å².